The number of nitrogens with one attached hydrogen (secondary N) is 1. The lowest BCUT2D eigenvalue weighted by atomic mass is 10.2. The van der Waals surface area contributed by atoms with Gasteiger partial charge in [0.25, 0.3) is 5.91 Å². The quantitative estimate of drug-likeness (QED) is 0.568. The number of pyridine rings is 1. The second-order valence-corrected chi connectivity index (χ2v) is 4.66. The number of nitrogen functional groups attached to an aromatic ring is 1. The Labute approximate surface area is 119 Å². The number of amides is 1. The highest BCUT2D eigenvalue weighted by atomic mass is 19.1. The van der Waals surface area contributed by atoms with Gasteiger partial charge in [0.15, 0.2) is 11.6 Å². The molecule has 0 unspecified atom stereocenters. The van der Waals surface area contributed by atoms with Crippen molar-refractivity contribution in [3.8, 4) is 0 Å². The molecule has 0 saturated carbocycles. The molecule has 3 N–H and O–H groups in total. The van der Waals surface area contributed by atoms with Crippen LogP contribution in [0.2, 0.25) is 0 Å². The Morgan fingerprint density at radius 2 is 1.95 bits per heavy atom. The zero-order chi connectivity index (χ0) is 15.0. The van der Waals surface area contributed by atoms with Gasteiger partial charge < -0.3 is 10.3 Å². The smallest absolute Gasteiger partial charge is 0.257 e. The van der Waals surface area contributed by atoms with Crippen LogP contribution in [0.15, 0.2) is 12.3 Å². The van der Waals surface area contributed by atoms with Gasteiger partial charge in [0, 0.05) is 19.3 Å². The molecule has 0 radical (unpaired) electrons. The van der Waals surface area contributed by atoms with Crippen molar-refractivity contribution in [2.75, 3.05) is 18.5 Å². The number of nitrogens with two attached hydrogens (primary N) is 1. The molecule has 5 nitrogen and oxygen atoms in total. The van der Waals surface area contributed by atoms with Crippen LogP contribution >= 0.6 is 0 Å². The van der Waals surface area contributed by atoms with E-state index in [1.807, 2.05) is 0 Å². The number of carbonyl (C=O) groups is 1. The maximum atomic E-state index is 14.1. The minimum atomic E-state index is -0.696. The number of unbranched alkanes of at least 4 members (excludes halogenated alkanes) is 2. The molecule has 0 fully saturated rings. The van der Waals surface area contributed by atoms with Crippen LogP contribution in [0.1, 0.15) is 49.9 Å². The van der Waals surface area contributed by atoms with Crippen molar-refractivity contribution < 1.29 is 9.18 Å². The standard InChI is InChI=1S/C14H23FN4O/c1-3-5-9-19(10-6-4-2)14(20)11-7-8-17-13(18-16)12(11)15/h7-8H,3-6,9-10,16H2,1-2H3,(H,17,18). The average Bonchev–Trinajstić information content (AvgIpc) is 2.47. The number of aromatic nitrogens is 1. The van der Waals surface area contributed by atoms with Gasteiger partial charge in [-0.25, -0.2) is 15.2 Å². The third-order valence-electron chi connectivity index (χ3n) is 3.11. The number of hydrogen-bond acceptors (Lipinski definition) is 4. The molecule has 0 bridgehead atoms. The Balaban J connectivity index is 2.92. The van der Waals surface area contributed by atoms with Crippen LogP contribution in [0.25, 0.3) is 0 Å². The first-order chi connectivity index (χ1) is 9.65. The van der Waals surface area contributed by atoms with E-state index in [1.54, 1.807) is 4.90 Å². The molecule has 20 heavy (non-hydrogen) atoms. The van der Waals surface area contributed by atoms with E-state index in [0.29, 0.717) is 13.1 Å². The highest BCUT2D eigenvalue weighted by molar-refractivity contribution is 5.95. The second kappa shape index (κ2) is 8.47. The summed E-state index contributed by atoms with van der Waals surface area (Å²) in [7, 11) is 0. The van der Waals surface area contributed by atoms with Gasteiger partial charge in [-0.05, 0) is 18.9 Å². The minimum absolute atomic E-state index is 0.0140. The zero-order valence-electron chi connectivity index (χ0n) is 12.2. The Kier molecular flexibility index (Phi) is 6.93. The molecule has 1 rings (SSSR count). The van der Waals surface area contributed by atoms with Crippen molar-refractivity contribution in [2.24, 2.45) is 5.84 Å². The van der Waals surface area contributed by atoms with Crippen LogP contribution in [0.5, 0.6) is 0 Å². The number of halogens is 1. The van der Waals surface area contributed by atoms with E-state index in [-0.39, 0.29) is 17.3 Å². The summed E-state index contributed by atoms with van der Waals surface area (Å²) in [5.41, 5.74) is 2.17. The molecule has 0 atom stereocenters. The molecule has 6 heteroatoms. The molecule has 1 amide bonds. The molecule has 1 aromatic heterocycles. The zero-order valence-corrected chi connectivity index (χ0v) is 12.2. The van der Waals surface area contributed by atoms with E-state index in [2.05, 4.69) is 24.3 Å². The first-order valence-electron chi connectivity index (χ1n) is 7.06. The largest absolute Gasteiger partial charge is 0.339 e. The van der Waals surface area contributed by atoms with Crippen molar-refractivity contribution in [2.45, 2.75) is 39.5 Å². The lowest BCUT2D eigenvalue weighted by molar-refractivity contribution is 0.0746. The SMILES string of the molecule is CCCCN(CCCC)C(=O)c1ccnc(NN)c1F. The van der Waals surface area contributed by atoms with Crippen molar-refractivity contribution in [3.05, 3.63) is 23.6 Å². The first kappa shape index (κ1) is 16.4. The van der Waals surface area contributed by atoms with Gasteiger partial charge in [0.2, 0.25) is 0 Å². The lowest BCUT2D eigenvalue weighted by Gasteiger charge is -2.23. The number of hydrogen-bond donors (Lipinski definition) is 2. The molecule has 0 spiro atoms. The maximum Gasteiger partial charge on any atom is 0.257 e. The van der Waals surface area contributed by atoms with Crippen LogP contribution in [-0.4, -0.2) is 28.9 Å². The third kappa shape index (κ3) is 4.16. The predicted molar refractivity (Wildman–Crippen MR) is 77.7 cm³/mol. The summed E-state index contributed by atoms with van der Waals surface area (Å²) >= 11 is 0. The fourth-order valence-electron chi connectivity index (χ4n) is 1.89. The molecule has 0 aliphatic carbocycles. The molecule has 0 aromatic carbocycles. The molecular weight excluding hydrogens is 259 g/mol. The Morgan fingerprint density at radius 1 is 1.35 bits per heavy atom. The summed E-state index contributed by atoms with van der Waals surface area (Å²) in [5, 5.41) is 0. The van der Waals surface area contributed by atoms with Gasteiger partial charge in [0.05, 0.1) is 5.56 Å². The molecule has 0 aliphatic heterocycles. The van der Waals surface area contributed by atoms with Crippen molar-refractivity contribution in [3.63, 3.8) is 0 Å². The number of hydrazine groups is 1. The fraction of sp³-hybridized carbons (Fsp3) is 0.571. The first-order valence-corrected chi connectivity index (χ1v) is 7.06. The van der Waals surface area contributed by atoms with Crippen LogP contribution < -0.4 is 11.3 Å². The normalized spacial score (nSPS) is 10.4. The number of carbonyl (C=O) groups excluding carboxylic acids is 1. The summed E-state index contributed by atoms with van der Waals surface area (Å²) in [6.45, 7) is 5.41. The van der Waals surface area contributed by atoms with Crippen LogP contribution in [0, 0.1) is 5.82 Å². The van der Waals surface area contributed by atoms with Gasteiger partial charge in [-0.15, -0.1) is 0 Å². The molecular formula is C14H23FN4O. The lowest BCUT2D eigenvalue weighted by Crippen LogP contribution is -2.33. The summed E-state index contributed by atoms with van der Waals surface area (Å²) in [4.78, 5) is 17.9. The van der Waals surface area contributed by atoms with Crippen LogP contribution in [0.3, 0.4) is 0 Å². The predicted octanol–water partition coefficient (Wildman–Crippen LogP) is 2.55. The van der Waals surface area contributed by atoms with Gasteiger partial charge >= 0.3 is 0 Å². The highest BCUT2D eigenvalue weighted by Gasteiger charge is 2.20. The third-order valence-corrected chi connectivity index (χ3v) is 3.11. The van der Waals surface area contributed by atoms with E-state index >= 15 is 0 Å². The maximum absolute atomic E-state index is 14.1. The van der Waals surface area contributed by atoms with Gasteiger partial charge in [-0.1, -0.05) is 26.7 Å². The summed E-state index contributed by atoms with van der Waals surface area (Å²) < 4.78 is 14.1. The van der Waals surface area contributed by atoms with Crippen molar-refractivity contribution in [1.29, 1.82) is 0 Å². The van der Waals surface area contributed by atoms with Crippen LogP contribution in [0.4, 0.5) is 10.2 Å². The van der Waals surface area contributed by atoms with E-state index < -0.39 is 5.82 Å². The monoisotopic (exact) mass is 282 g/mol. The second-order valence-electron chi connectivity index (χ2n) is 4.66. The fourth-order valence-corrected chi connectivity index (χ4v) is 1.89. The summed E-state index contributed by atoms with van der Waals surface area (Å²) in [5.74, 6) is 4.07. The van der Waals surface area contributed by atoms with Crippen LogP contribution in [-0.2, 0) is 0 Å². The van der Waals surface area contributed by atoms with Gasteiger partial charge in [0.1, 0.15) is 0 Å². The van der Waals surface area contributed by atoms with E-state index in [9.17, 15) is 9.18 Å². The minimum Gasteiger partial charge on any atom is -0.339 e. The van der Waals surface area contributed by atoms with E-state index in [4.69, 9.17) is 5.84 Å². The average molecular weight is 282 g/mol. The molecule has 112 valence electrons. The molecule has 0 aliphatic rings. The highest BCUT2D eigenvalue weighted by Crippen LogP contribution is 2.16. The van der Waals surface area contributed by atoms with Crippen molar-refractivity contribution in [1.82, 2.24) is 9.88 Å². The van der Waals surface area contributed by atoms with E-state index in [0.717, 1.165) is 25.7 Å². The van der Waals surface area contributed by atoms with Gasteiger partial charge in [-0.3, -0.25) is 4.79 Å². The Hall–Kier alpha value is -1.69. The van der Waals surface area contributed by atoms with E-state index in [1.165, 1.54) is 12.3 Å². The molecule has 1 heterocycles. The van der Waals surface area contributed by atoms with Gasteiger partial charge in [-0.2, -0.15) is 0 Å². The topological polar surface area (TPSA) is 71.2 Å². The number of rotatable bonds is 8. The Bertz CT molecular complexity index is 431. The number of nitrogens with zero attached hydrogens (tertiary/aromatic N) is 2. The Morgan fingerprint density at radius 3 is 2.45 bits per heavy atom. The van der Waals surface area contributed by atoms with Crippen molar-refractivity contribution >= 4 is 11.7 Å². The summed E-state index contributed by atoms with van der Waals surface area (Å²) in [6.07, 6.45) is 5.17. The summed E-state index contributed by atoms with van der Waals surface area (Å²) in [6, 6.07) is 1.39. The molecule has 0 saturated heterocycles. The number of anilines is 1. The molecule has 1 aromatic rings.